The third-order valence-electron chi connectivity index (χ3n) is 1.13. The number of nitrogens with zero attached hydrogens (tertiary/aromatic N) is 1. The van der Waals surface area contributed by atoms with E-state index >= 15 is 0 Å². The summed E-state index contributed by atoms with van der Waals surface area (Å²) in [6.45, 7) is 3.79. The first kappa shape index (κ1) is 7.85. The first-order chi connectivity index (χ1) is 5.20. The molecular weight excluding hydrogens is 142 g/mol. The molecule has 0 radical (unpaired) electrons. The molecule has 3 heteroatoms. The maximum Gasteiger partial charge on any atom is 0.179 e. The summed E-state index contributed by atoms with van der Waals surface area (Å²) >= 11 is 0. The smallest absolute Gasteiger partial charge is 0.179 e. The van der Waals surface area contributed by atoms with Crippen LogP contribution in [0.1, 0.15) is 13.8 Å². The molecule has 0 atom stereocenters. The lowest BCUT2D eigenvalue weighted by Crippen LogP contribution is -2.05. The second-order valence-electron chi connectivity index (χ2n) is 2.51. The van der Waals surface area contributed by atoms with Crippen LogP contribution in [0.4, 0.5) is 0 Å². The van der Waals surface area contributed by atoms with Crippen LogP contribution in [-0.2, 0) is 0 Å². The van der Waals surface area contributed by atoms with Crippen LogP contribution in [0.3, 0.4) is 0 Å². The zero-order valence-corrected chi connectivity index (χ0v) is 6.61. The fourth-order valence-electron chi connectivity index (χ4n) is 0.717. The van der Waals surface area contributed by atoms with E-state index in [0.29, 0.717) is 5.75 Å². The summed E-state index contributed by atoms with van der Waals surface area (Å²) in [5, 5.41) is 9.19. The number of hydrogen-bond acceptors (Lipinski definition) is 3. The van der Waals surface area contributed by atoms with Gasteiger partial charge in [0.05, 0.1) is 12.3 Å². The Hall–Kier alpha value is -1.25. The van der Waals surface area contributed by atoms with Gasteiger partial charge in [-0.2, -0.15) is 0 Å². The SMILES string of the molecule is CC(C)Oc1cnccc1O. The summed E-state index contributed by atoms with van der Waals surface area (Å²) in [5.41, 5.74) is 0. The Labute approximate surface area is 65.7 Å². The number of pyridine rings is 1. The van der Waals surface area contributed by atoms with Gasteiger partial charge < -0.3 is 9.84 Å². The van der Waals surface area contributed by atoms with Gasteiger partial charge in [0.25, 0.3) is 0 Å². The van der Waals surface area contributed by atoms with Crippen LogP contribution in [0.2, 0.25) is 0 Å². The highest BCUT2D eigenvalue weighted by Gasteiger charge is 2.02. The number of aromatic nitrogens is 1. The van der Waals surface area contributed by atoms with Crippen LogP contribution in [0.5, 0.6) is 11.5 Å². The number of ether oxygens (including phenoxy) is 1. The van der Waals surface area contributed by atoms with Crippen LogP contribution in [0.25, 0.3) is 0 Å². The van der Waals surface area contributed by atoms with Crippen molar-refractivity contribution in [2.45, 2.75) is 20.0 Å². The number of hydrogen-bond donors (Lipinski definition) is 1. The maximum atomic E-state index is 9.19. The first-order valence-electron chi connectivity index (χ1n) is 3.50. The van der Waals surface area contributed by atoms with Crippen molar-refractivity contribution in [1.29, 1.82) is 0 Å². The molecular formula is C8H11NO2. The maximum absolute atomic E-state index is 9.19. The average molecular weight is 153 g/mol. The molecule has 0 saturated heterocycles. The molecule has 1 rings (SSSR count). The molecule has 1 aromatic heterocycles. The summed E-state index contributed by atoms with van der Waals surface area (Å²) in [5.74, 6) is 0.566. The molecule has 1 aromatic rings. The molecule has 0 fully saturated rings. The van der Waals surface area contributed by atoms with Crippen molar-refractivity contribution in [3.63, 3.8) is 0 Å². The molecule has 0 amide bonds. The minimum Gasteiger partial charge on any atom is -0.504 e. The monoisotopic (exact) mass is 153 g/mol. The van der Waals surface area contributed by atoms with E-state index in [0.717, 1.165) is 0 Å². The van der Waals surface area contributed by atoms with Gasteiger partial charge in [-0.1, -0.05) is 0 Å². The van der Waals surface area contributed by atoms with Crippen molar-refractivity contribution >= 4 is 0 Å². The van der Waals surface area contributed by atoms with Crippen molar-refractivity contribution < 1.29 is 9.84 Å². The molecule has 0 saturated carbocycles. The van der Waals surface area contributed by atoms with E-state index in [1.807, 2.05) is 13.8 Å². The van der Waals surface area contributed by atoms with Gasteiger partial charge in [-0.15, -0.1) is 0 Å². The Bertz CT molecular complexity index is 235. The average Bonchev–Trinajstić information content (AvgIpc) is 1.93. The molecule has 0 spiro atoms. The van der Waals surface area contributed by atoms with Gasteiger partial charge in [0.2, 0.25) is 0 Å². The van der Waals surface area contributed by atoms with Gasteiger partial charge in [0, 0.05) is 12.3 Å². The van der Waals surface area contributed by atoms with Crippen LogP contribution >= 0.6 is 0 Å². The number of rotatable bonds is 2. The second kappa shape index (κ2) is 3.23. The topological polar surface area (TPSA) is 42.4 Å². The van der Waals surface area contributed by atoms with Crippen molar-refractivity contribution in [3.05, 3.63) is 18.5 Å². The fourth-order valence-corrected chi connectivity index (χ4v) is 0.717. The lowest BCUT2D eigenvalue weighted by Gasteiger charge is -2.09. The minimum atomic E-state index is 0.0603. The van der Waals surface area contributed by atoms with Crippen molar-refractivity contribution in [2.24, 2.45) is 0 Å². The highest BCUT2D eigenvalue weighted by atomic mass is 16.5. The lowest BCUT2D eigenvalue weighted by molar-refractivity contribution is 0.231. The van der Waals surface area contributed by atoms with E-state index in [-0.39, 0.29) is 11.9 Å². The molecule has 0 unspecified atom stereocenters. The molecule has 0 bridgehead atoms. The Morgan fingerprint density at radius 1 is 1.55 bits per heavy atom. The van der Waals surface area contributed by atoms with E-state index in [4.69, 9.17) is 4.74 Å². The Morgan fingerprint density at radius 3 is 2.82 bits per heavy atom. The molecule has 0 aliphatic rings. The number of aromatic hydroxyl groups is 1. The van der Waals surface area contributed by atoms with E-state index in [1.165, 1.54) is 18.5 Å². The van der Waals surface area contributed by atoms with Crippen LogP contribution in [0, 0.1) is 0 Å². The van der Waals surface area contributed by atoms with Gasteiger partial charge in [-0.05, 0) is 13.8 Å². The van der Waals surface area contributed by atoms with Crippen LogP contribution < -0.4 is 4.74 Å². The summed E-state index contributed by atoms with van der Waals surface area (Å²) in [7, 11) is 0. The van der Waals surface area contributed by atoms with E-state index in [9.17, 15) is 5.11 Å². The van der Waals surface area contributed by atoms with Crippen molar-refractivity contribution in [2.75, 3.05) is 0 Å². The molecule has 3 nitrogen and oxygen atoms in total. The predicted octanol–water partition coefficient (Wildman–Crippen LogP) is 1.57. The molecule has 60 valence electrons. The van der Waals surface area contributed by atoms with Crippen LogP contribution in [-0.4, -0.2) is 16.2 Å². The van der Waals surface area contributed by atoms with Gasteiger partial charge in [-0.3, -0.25) is 4.98 Å². The predicted molar refractivity (Wildman–Crippen MR) is 41.7 cm³/mol. The quantitative estimate of drug-likeness (QED) is 0.701. The normalized spacial score (nSPS) is 10.1. The van der Waals surface area contributed by atoms with Crippen LogP contribution in [0.15, 0.2) is 18.5 Å². The standard InChI is InChI=1S/C8H11NO2/c1-6(2)11-8-5-9-4-3-7(8)10/h3-6H,1-2H3,(H,9,10). The Balaban J connectivity index is 2.78. The van der Waals surface area contributed by atoms with Gasteiger partial charge >= 0.3 is 0 Å². The highest BCUT2D eigenvalue weighted by Crippen LogP contribution is 2.23. The molecule has 0 aliphatic heterocycles. The zero-order valence-electron chi connectivity index (χ0n) is 6.61. The second-order valence-corrected chi connectivity index (χ2v) is 2.51. The third kappa shape index (κ3) is 2.11. The fraction of sp³-hybridized carbons (Fsp3) is 0.375. The van der Waals surface area contributed by atoms with E-state index in [1.54, 1.807) is 0 Å². The van der Waals surface area contributed by atoms with E-state index < -0.39 is 0 Å². The zero-order chi connectivity index (χ0) is 8.27. The molecule has 0 aliphatic carbocycles. The third-order valence-corrected chi connectivity index (χ3v) is 1.13. The largest absolute Gasteiger partial charge is 0.504 e. The van der Waals surface area contributed by atoms with E-state index in [2.05, 4.69) is 4.98 Å². The van der Waals surface area contributed by atoms with Gasteiger partial charge in [-0.25, -0.2) is 0 Å². The summed E-state index contributed by atoms with van der Waals surface area (Å²) in [4.78, 5) is 3.81. The molecule has 0 aromatic carbocycles. The summed E-state index contributed by atoms with van der Waals surface area (Å²) in [6.07, 6.45) is 3.07. The van der Waals surface area contributed by atoms with Crippen molar-refractivity contribution in [1.82, 2.24) is 4.98 Å². The van der Waals surface area contributed by atoms with Gasteiger partial charge in [0.1, 0.15) is 0 Å². The molecule has 1 N–H and O–H groups in total. The van der Waals surface area contributed by atoms with Gasteiger partial charge in [0.15, 0.2) is 11.5 Å². The Morgan fingerprint density at radius 2 is 2.27 bits per heavy atom. The summed E-state index contributed by atoms with van der Waals surface area (Å²) < 4.78 is 5.23. The Kier molecular flexibility index (Phi) is 2.31. The lowest BCUT2D eigenvalue weighted by atomic mass is 10.4. The minimum absolute atomic E-state index is 0.0603. The highest BCUT2D eigenvalue weighted by molar-refractivity contribution is 5.34. The molecule has 11 heavy (non-hydrogen) atoms. The summed E-state index contributed by atoms with van der Waals surface area (Å²) in [6, 6.07) is 1.50. The first-order valence-corrected chi connectivity index (χ1v) is 3.50. The molecule has 1 heterocycles. The van der Waals surface area contributed by atoms with Crippen molar-refractivity contribution in [3.8, 4) is 11.5 Å².